The smallest absolute Gasteiger partial charge is 0.161 e. The molecule has 0 bridgehead atoms. The summed E-state index contributed by atoms with van der Waals surface area (Å²) in [6, 6.07) is 1.32. The number of rotatable bonds is 4. The van der Waals surface area contributed by atoms with Crippen molar-refractivity contribution in [1.82, 2.24) is 0 Å². The average molecular weight is 136 g/mol. The molecule has 0 unspecified atom stereocenters. The lowest BCUT2D eigenvalue weighted by molar-refractivity contribution is 0.442. The summed E-state index contributed by atoms with van der Waals surface area (Å²) in [5.74, 6) is 1.28. The van der Waals surface area contributed by atoms with Crippen molar-refractivity contribution in [3.63, 3.8) is 0 Å². The minimum Gasteiger partial charge on any atom is -0.427 e. The summed E-state index contributed by atoms with van der Waals surface area (Å²) in [4.78, 5) is 0. The maximum atomic E-state index is 4.97. The Morgan fingerprint density at radius 1 is 1.71 bits per heavy atom. The Hall–Kier alpha value is 0.527. The first-order valence-corrected chi connectivity index (χ1v) is 5.37. The van der Waals surface area contributed by atoms with Crippen molar-refractivity contribution in [2.75, 3.05) is 19.1 Å². The van der Waals surface area contributed by atoms with Gasteiger partial charge in [0.15, 0.2) is 9.76 Å². The summed E-state index contributed by atoms with van der Waals surface area (Å²) in [7, 11) is 1.69. The third-order valence-electron chi connectivity index (χ3n) is 0.697. The van der Waals surface area contributed by atoms with Crippen molar-refractivity contribution in [2.45, 2.75) is 6.04 Å². The van der Waals surface area contributed by atoms with Gasteiger partial charge < -0.3 is 4.43 Å². The predicted octanol–water partition coefficient (Wildman–Crippen LogP) is 0.498. The highest BCUT2D eigenvalue weighted by atomic mass is 32.2. The van der Waals surface area contributed by atoms with Gasteiger partial charge in [-0.25, -0.2) is 0 Å². The minimum atomic E-state index is -0.110. The summed E-state index contributed by atoms with van der Waals surface area (Å²) in [5.41, 5.74) is 0. The topological polar surface area (TPSA) is 9.23 Å². The molecule has 0 saturated carbocycles. The summed E-state index contributed by atoms with van der Waals surface area (Å²) >= 11 is 1.90. The molecule has 0 saturated heterocycles. The van der Waals surface area contributed by atoms with Crippen LogP contribution in [0.4, 0.5) is 0 Å². The van der Waals surface area contributed by atoms with Gasteiger partial charge in [0.2, 0.25) is 0 Å². The second-order valence-corrected chi connectivity index (χ2v) is 4.02. The fourth-order valence-corrected chi connectivity index (χ4v) is 2.26. The van der Waals surface area contributed by atoms with Gasteiger partial charge in [0.05, 0.1) is 0 Å². The summed E-state index contributed by atoms with van der Waals surface area (Å²) in [5, 5.41) is 0. The van der Waals surface area contributed by atoms with E-state index in [0.717, 1.165) is 0 Å². The van der Waals surface area contributed by atoms with Crippen molar-refractivity contribution >= 4 is 21.5 Å². The maximum Gasteiger partial charge on any atom is 0.161 e. The van der Waals surface area contributed by atoms with Crippen LogP contribution < -0.4 is 0 Å². The normalized spacial score (nSPS) is 11.1. The van der Waals surface area contributed by atoms with Crippen LogP contribution in [0.15, 0.2) is 0 Å². The van der Waals surface area contributed by atoms with E-state index in [1.54, 1.807) is 7.11 Å². The molecule has 3 heteroatoms. The largest absolute Gasteiger partial charge is 0.427 e. The molecule has 0 aliphatic rings. The lowest BCUT2D eigenvalue weighted by Crippen LogP contribution is -1.92. The van der Waals surface area contributed by atoms with Gasteiger partial charge in [-0.15, -0.1) is 0 Å². The quantitative estimate of drug-likeness (QED) is 0.411. The summed E-state index contributed by atoms with van der Waals surface area (Å²) in [6.07, 6.45) is 2.13. The molecular weight excluding hydrogens is 124 g/mol. The van der Waals surface area contributed by atoms with E-state index in [-0.39, 0.29) is 9.76 Å². The molecule has 1 nitrogen and oxygen atoms in total. The van der Waals surface area contributed by atoms with E-state index in [1.165, 1.54) is 11.8 Å². The van der Waals surface area contributed by atoms with E-state index >= 15 is 0 Å². The van der Waals surface area contributed by atoms with Crippen LogP contribution in [0.5, 0.6) is 0 Å². The first kappa shape index (κ1) is 7.53. The van der Waals surface area contributed by atoms with Crippen LogP contribution in [0.1, 0.15) is 0 Å². The fraction of sp³-hybridized carbons (Fsp3) is 1.00. The fourth-order valence-electron chi connectivity index (χ4n) is 0.348. The number of hydrogen-bond acceptors (Lipinski definition) is 2. The molecule has 44 valence electrons. The Balaban J connectivity index is 2.45. The van der Waals surface area contributed by atoms with Crippen molar-refractivity contribution in [3.05, 3.63) is 0 Å². The standard InChI is InChI=1S/C4H12OSSi/c1-5-7-4-3-6-2/h3-4,7H2,1-2H3. The molecule has 0 rings (SSSR count). The molecule has 0 N–H and O–H groups in total. The van der Waals surface area contributed by atoms with E-state index < -0.39 is 0 Å². The molecule has 0 amide bonds. The first-order chi connectivity index (χ1) is 3.41. The van der Waals surface area contributed by atoms with Crippen LogP contribution in [0, 0.1) is 0 Å². The van der Waals surface area contributed by atoms with Crippen LogP contribution >= 0.6 is 11.8 Å². The monoisotopic (exact) mass is 136 g/mol. The molecule has 7 heavy (non-hydrogen) atoms. The van der Waals surface area contributed by atoms with Crippen LogP contribution in [-0.2, 0) is 4.43 Å². The molecule has 0 aromatic heterocycles. The zero-order valence-corrected chi connectivity index (χ0v) is 7.17. The van der Waals surface area contributed by atoms with E-state index in [0.29, 0.717) is 0 Å². The Labute approximate surface area is 51.8 Å². The third-order valence-corrected chi connectivity index (χ3v) is 2.96. The lowest BCUT2D eigenvalue weighted by Gasteiger charge is -1.91. The molecule has 0 fully saturated rings. The Bertz CT molecular complexity index is 30.9. The maximum absolute atomic E-state index is 4.97. The van der Waals surface area contributed by atoms with Crippen LogP contribution in [0.3, 0.4) is 0 Å². The van der Waals surface area contributed by atoms with Gasteiger partial charge in [0.25, 0.3) is 0 Å². The van der Waals surface area contributed by atoms with Gasteiger partial charge >= 0.3 is 0 Å². The zero-order chi connectivity index (χ0) is 5.54. The number of hydrogen-bond donors (Lipinski definition) is 0. The minimum absolute atomic E-state index is 0.110. The highest BCUT2D eigenvalue weighted by Crippen LogP contribution is 1.93. The first-order valence-electron chi connectivity index (χ1n) is 2.39. The van der Waals surface area contributed by atoms with E-state index in [4.69, 9.17) is 4.43 Å². The molecule has 0 atom stereocenters. The van der Waals surface area contributed by atoms with Gasteiger partial charge in [-0.05, 0) is 18.1 Å². The average Bonchev–Trinajstić information content (AvgIpc) is 1.69. The summed E-state index contributed by atoms with van der Waals surface area (Å²) < 4.78 is 4.97. The third kappa shape index (κ3) is 6.53. The molecule has 0 aromatic rings. The zero-order valence-electron chi connectivity index (χ0n) is 4.94. The van der Waals surface area contributed by atoms with E-state index in [9.17, 15) is 0 Å². The van der Waals surface area contributed by atoms with Crippen LogP contribution in [0.25, 0.3) is 0 Å². The van der Waals surface area contributed by atoms with E-state index in [2.05, 4.69) is 6.26 Å². The van der Waals surface area contributed by atoms with Gasteiger partial charge in [-0.2, -0.15) is 11.8 Å². The van der Waals surface area contributed by atoms with Gasteiger partial charge in [0.1, 0.15) is 0 Å². The SMILES string of the molecule is CO[SiH2]CCSC. The van der Waals surface area contributed by atoms with Gasteiger partial charge in [-0.1, -0.05) is 0 Å². The Morgan fingerprint density at radius 2 is 2.43 bits per heavy atom. The summed E-state index contributed by atoms with van der Waals surface area (Å²) in [6.45, 7) is 0. The van der Waals surface area contributed by atoms with Crippen molar-refractivity contribution < 1.29 is 4.43 Å². The van der Waals surface area contributed by atoms with Crippen LogP contribution in [0.2, 0.25) is 6.04 Å². The van der Waals surface area contributed by atoms with Crippen LogP contribution in [-0.4, -0.2) is 28.9 Å². The Morgan fingerprint density at radius 3 is 2.86 bits per heavy atom. The molecule has 0 aliphatic heterocycles. The number of thioether (sulfide) groups is 1. The lowest BCUT2D eigenvalue weighted by atomic mass is 11.0. The molecular formula is C4H12OSSi. The molecule has 0 aliphatic carbocycles. The molecule has 0 radical (unpaired) electrons. The highest BCUT2D eigenvalue weighted by molar-refractivity contribution is 7.98. The second-order valence-electron chi connectivity index (χ2n) is 1.34. The molecule has 0 spiro atoms. The van der Waals surface area contributed by atoms with Crippen molar-refractivity contribution in [2.24, 2.45) is 0 Å². The predicted molar refractivity (Wildman–Crippen MR) is 38.7 cm³/mol. The van der Waals surface area contributed by atoms with Crippen molar-refractivity contribution in [1.29, 1.82) is 0 Å². The highest BCUT2D eigenvalue weighted by Gasteiger charge is 1.81. The van der Waals surface area contributed by atoms with Gasteiger partial charge in [-0.3, -0.25) is 0 Å². The van der Waals surface area contributed by atoms with Gasteiger partial charge in [0, 0.05) is 7.11 Å². The molecule has 0 aromatic carbocycles. The second kappa shape index (κ2) is 6.53. The van der Waals surface area contributed by atoms with E-state index in [1.807, 2.05) is 11.8 Å². The van der Waals surface area contributed by atoms with Crippen molar-refractivity contribution in [3.8, 4) is 0 Å². The Kier molecular flexibility index (Phi) is 7.02. The molecule has 0 heterocycles.